The van der Waals surface area contributed by atoms with Gasteiger partial charge in [-0.1, -0.05) is 18.2 Å². The van der Waals surface area contributed by atoms with E-state index in [0.717, 1.165) is 5.75 Å². The van der Waals surface area contributed by atoms with Crippen molar-refractivity contribution in [2.45, 2.75) is 91.8 Å². The second-order valence-electron chi connectivity index (χ2n) is 8.18. The van der Waals surface area contributed by atoms with Crippen molar-refractivity contribution in [2.75, 3.05) is 13.2 Å². The van der Waals surface area contributed by atoms with E-state index in [-0.39, 0.29) is 18.5 Å². The number of amides is 1. The van der Waals surface area contributed by atoms with Gasteiger partial charge < -0.3 is 29.8 Å². The molecule has 0 fully saturated rings. The fraction of sp³-hybridized carbons (Fsp3) is 0.696. The zero-order chi connectivity index (χ0) is 24.7. The van der Waals surface area contributed by atoms with Crippen LogP contribution in [0.2, 0.25) is 0 Å². The zero-order valence-electron chi connectivity index (χ0n) is 20.8. The van der Waals surface area contributed by atoms with Crippen LogP contribution in [0.4, 0.5) is 4.79 Å². The van der Waals surface area contributed by atoms with Crippen LogP contribution in [-0.4, -0.2) is 60.8 Å². The number of alkyl carbamates (subject to hydrolysis) is 1. The van der Waals surface area contributed by atoms with E-state index in [2.05, 4.69) is 10.6 Å². The molecule has 0 spiro atoms. The second-order valence-corrected chi connectivity index (χ2v) is 8.18. The maximum atomic E-state index is 11.2. The molecule has 1 aromatic carbocycles. The van der Waals surface area contributed by atoms with Gasteiger partial charge in [0.2, 0.25) is 0 Å². The summed E-state index contributed by atoms with van der Waals surface area (Å²) in [6.07, 6.45) is -2.60. The molecule has 5 N–H and O–H groups in total. The Hall–Kier alpha value is -1.91. The molecule has 9 nitrogen and oxygen atoms in total. The van der Waals surface area contributed by atoms with Crippen molar-refractivity contribution in [3.05, 3.63) is 30.3 Å². The number of benzene rings is 1. The average Bonchev–Trinajstić information content (AvgIpc) is 2.68. The van der Waals surface area contributed by atoms with Crippen molar-refractivity contribution in [1.29, 1.82) is 0 Å². The van der Waals surface area contributed by atoms with E-state index in [9.17, 15) is 9.90 Å². The van der Waals surface area contributed by atoms with Crippen LogP contribution in [0.15, 0.2) is 30.3 Å². The van der Waals surface area contributed by atoms with Crippen molar-refractivity contribution in [1.82, 2.24) is 10.6 Å². The highest BCUT2D eigenvalue weighted by Gasteiger charge is 2.21. The molecule has 186 valence electrons. The van der Waals surface area contributed by atoms with Crippen LogP contribution in [0.25, 0.3) is 0 Å². The van der Waals surface area contributed by atoms with E-state index in [4.69, 9.17) is 24.7 Å². The molecule has 5 atom stereocenters. The third kappa shape index (κ3) is 15.0. The van der Waals surface area contributed by atoms with Gasteiger partial charge in [0.1, 0.15) is 17.6 Å². The molecule has 32 heavy (non-hydrogen) atoms. The van der Waals surface area contributed by atoms with Gasteiger partial charge in [-0.2, -0.15) is 0 Å². The maximum Gasteiger partial charge on any atom is 0.409 e. The summed E-state index contributed by atoms with van der Waals surface area (Å²) in [6.45, 7) is 15.7. The molecular weight excluding hydrogens is 414 g/mol. The average molecular weight is 458 g/mol. The molecule has 0 aromatic heterocycles. The van der Waals surface area contributed by atoms with Crippen LogP contribution in [-0.2, 0) is 14.2 Å². The van der Waals surface area contributed by atoms with Crippen LogP contribution in [0.3, 0.4) is 0 Å². The predicted molar refractivity (Wildman–Crippen MR) is 125 cm³/mol. The first-order valence-electron chi connectivity index (χ1n) is 11.0. The van der Waals surface area contributed by atoms with Gasteiger partial charge in [0.15, 0.2) is 6.23 Å². The van der Waals surface area contributed by atoms with Crippen molar-refractivity contribution in [3.63, 3.8) is 0 Å². The lowest BCUT2D eigenvalue weighted by molar-refractivity contribution is -0.0414. The molecule has 0 heterocycles. The van der Waals surface area contributed by atoms with Crippen molar-refractivity contribution < 1.29 is 28.8 Å². The summed E-state index contributed by atoms with van der Waals surface area (Å²) in [7, 11) is 0. The Morgan fingerprint density at radius 1 is 1.03 bits per heavy atom. The first-order chi connectivity index (χ1) is 14.9. The van der Waals surface area contributed by atoms with Crippen molar-refractivity contribution >= 4 is 6.09 Å². The molecule has 0 saturated carbocycles. The molecular formula is C23H43N3O6. The number of carbonyl (C=O) groups excluding carboxylic acids is 1. The van der Waals surface area contributed by atoms with Crippen LogP contribution >= 0.6 is 0 Å². The Kier molecular flexibility index (Phi) is 14.9. The summed E-state index contributed by atoms with van der Waals surface area (Å²) >= 11 is 0. The van der Waals surface area contributed by atoms with E-state index in [0.29, 0.717) is 13.2 Å². The number of nitrogens with one attached hydrogen (secondary N) is 2. The summed E-state index contributed by atoms with van der Waals surface area (Å²) < 4.78 is 21.2. The first-order valence-corrected chi connectivity index (χ1v) is 11.0. The number of hydrogen-bond acceptors (Lipinski definition) is 8. The number of rotatable bonds is 11. The molecule has 0 aliphatic heterocycles. The topological polar surface area (TPSA) is 124 Å². The van der Waals surface area contributed by atoms with Gasteiger partial charge >= 0.3 is 6.09 Å². The minimum atomic E-state index is -1.06. The van der Waals surface area contributed by atoms with Crippen molar-refractivity contribution in [2.24, 2.45) is 5.73 Å². The number of aliphatic hydroxyl groups is 1. The molecule has 0 aliphatic rings. The highest BCUT2D eigenvalue weighted by molar-refractivity contribution is 5.67. The Morgan fingerprint density at radius 3 is 2.06 bits per heavy atom. The molecule has 5 unspecified atom stereocenters. The first kappa shape index (κ1) is 30.1. The van der Waals surface area contributed by atoms with E-state index in [1.807, 2.05) is 58.0 Å². The van der Waals surface area contributed by atoms with Gasteiger partial charge in [0.25, 0.3) is 0 Å². The fourth-order valence-corrected chi connectivity index (χ4v) is 2.41. The predicted octanol–water partition coefficient (Wildman–Crippen LogP) is 2.97. The largest absolute Gasteiger partial charge is 0.476 e. The highest BCUT2D eigenvalue weighted by atomic mass is 16.6. The standard InChI is InChI=1S/C13H22N2O2.C10H21NO4/c1-4-16-10(2)13(14)15-11(3)17-12-8-6-5-7-9-12;1-6-14-7(2)8(12)11-9(13)15-10(3,4)5/h5-11,13,15H,4,14H2,1-3H3;7-8,12H,6H2,1-5H3,(H,11,13). The molecule has 1 rings (SSSR count). The van der Waals surface area contributed by atoms with Gasteiger partial charge in [0, 0.05) is 13.2 Å². The van der Waals surface area contributed by atoms with Crippen LogP contribution in [0.1, 0.15) is 55.4 Å². The molecule has 0 radical (unpaired) electrons. The Bertz CT molecular complexity index is 611. The zero-order valence-corrected chi connectivity index (χ0v) is 20.8. The molecule has 0 saturated heterocycles. The number of ether oxygens (including phenoxy) is 4. The number of nitrogens with two attached hydrogens (primary N) is 1. The van der Waals surface area contributed by atoms with Gasteiger partial charge in [-0.3, -0.25) is 10.6 Å². The van der Waals surface area contributed by atoms with Crippen LogP contribution in [0.5, 0.6) is 5.75 Å². The lowest BCUT2D eigenvalue weighted by Crippen LogP contribution is -2.52. The summed E-state index contributed by atoms with van der Waals surface area (Å²) in [5.41, 5.74) is 5.37. The summed E-state index contributed by atoms with van der Waals surface area (Å²) in [6, 6.07) is 9.65. The fourth-order valence-electron chi connectivity index (χ4n) is 2.41. The molecule has 1 amide bonds. The highest BCUT2D eigenvalue weighted by Crippen LogP contribution is 2.10. The summed E-state index contributed by atoms with van der Waals surface area (Å²) in [5, 5.41) is 14.9. The van der Waals surface area contributed by atoms with Gasteiger partial charge in [0.05, 0.1) is 18.4 Å². The summed E-state index contributed by atoms with van der Waals surface area (Å²) in [5.74, 6) is 0.823. The number of carbonyl (C=O) groups is 1. The van der Waals surface area contributed by atoms with E-state index in [1.54, 1.807) is 27.7 Å². The second kappa shape index (κ2) is 15.8. The van der Waals surface area contributed by atoms with Gasteiger partial charge in [-0.05, 0) is 67.5 Å². The Morgan fingerprint density at radius 2 is 1.56 bits per heavy atom. The molecule has 1 aromatic rings. The lowest BCUT2D eigenvalue weighted by atomic mass is 10.2. The molecule has 0 bridgehead atoms. The lowest BCUT2D eigenvalue weighted by Gasteiger charge is -2.25. The third-order valence-corrected chi connectivity index (χ3v) is 3.96. The Balaban J connectivity index is 0.000000607. The van der Waals surface area contributed by atoms with E-state index < -0.39 is 24.0 Å². The SMILES string of the molecule is CCOC(C)C(N)NC(C)Oc1ccccc1.CCOC(C)C(O)NC(=O)OC(C)(C)C. The van der Waals surface area contributed by atoms with E-state index in [1.165, 1.54) is 0 Å². The molecule has 0 aliphatic carbocycles. The molecule has 9 heteroatoms. The number of hydrogen-bond donors (Lipinski definition) is 4. The van der Waals surface area contributed by atoms with E-state index >= 15 is 0 Å². The van der Waals surface area contributed by atoms with Gasteiger partial charge in [-0.25, -0.2) is 4.79 Å². The smallest absolute Gasteiger partial charge is 0.409 e. The van der Waals surface area contributed by atoms with Crippen LogP contribution in [0, 0.1) is 0 Å². The van der Waals surface area contributed by atoms with Crippen molar-refractivity contribution in [3.8, 4) is 5.75 Å². The number of aliphatic hydroxyl groups excluding tert-OH is 1. The quantitative estimate of drug-likeness (QED) is 0.374. The Labute approximate surface area is 192 Å². The minimum absolute atomic E-state index is 0.0400. The minimum Gasteiger partial charge on any atom is -0.476 e. The normalized spacial score (nSPS) is 15.9. The third-order valence-electron chi connectivity index (χ3n) is 3.96. The summed E-state index contributed by atoms with van der Waals surface area (Å²) in [4.78, 5) is 11.2. The number of para-hydroxylation sites is 1. The maximum absolute atomic E-state index is 11.2. The van der Waals surface area contributed by atoms with Gasteiger partial charge in [-0.15, -0.1) is 0 Å². The monoisotopic (exact) mass is 457 g/mol. The van der Waals surface area contributed by atoms with Crippen LogP contribution < -0.4 is 21.1 Å².